The molecule has 3 aromatic rings. The summed E-state index contributed by atoms with van der Waals surface area (Å²) in [5.41, 5.74) is 0.990. The number of hydrogen-bond donors (Lipinski definition) is 2. The fourth-order valence-electron chi connectivity index (χ4n) is 2.82. The van der Waals surface area contributed by atoms with Gasteiger partial charge < -0.3 is 10.6 Å². The predicted octanol–water partition coefficient (Wildman–Crippen LogP) is 4.04. The molecule has 0 radical (unpaired) electrons. The smallest absolute Gasteiger partial charge is 0.248 e. The largest absolute Gasteiger partial charge is 0.344 e. The van der Waals surface area contributed by atoms with Gasteiger partial charge in [-0.15, -0.1) is 0 Å². The number of nitrogens with zero attached hydrogens (tertiary/aromatic N) is 1. The summed E-state index contributed by atoms with van der Waals surface area (Å²) in [6.07, 6.45) is 0.885. The fraction of sp³-hybridized carbons (Fsp3) is 0.250. The van der Waals surface area contributed by atoms with Crippen LogP contribution in [-0.4, -0.2) is 22.8 Å². The Balaban J connectivity index is 1.65. The molecule has 5 nitrogen and oxygen atoms in total. The van der Waals surface area contributed by atoms with Crippen molar-refractivity contribution in [2.45, 2.75) is 32.2 Å². The Morgan fingerprint density at radius 3 is 2.54 bits per heavy atom. The highest BCUT2D eigenvalue weighted by Crippen LogP contribution is 2.25. The maximum absolute atomic E-state index is 13.3. The molecule has 2 aromatic carbocycles. The van der Waals surface area contributed by atoms with E-state index in [9.17, 15) is 18.4 Å². The van der Waals surface area contributed by atoms with Crippen LogP contribution in [-0.2, 0) is 16.0 Å². The van der Waals surface area contributed by atoms with Crippen LogP contribution in [0.4, 0.5) is 13.9 Å². The molecule has 146 valence electrons. The molecule has 8 heteroatoms. The number of hydrogen-bond acceptors (Lipinski definition) is 4. The van der Waals surface area contributed by atoms with Crippen molar-refractivity contribution in [1.29, 1.82) is 0 Å². The molecule has 1 heterocycles. The number of carbonyl (C=O) groups excluding carboxylic acids is 2. The Kier molecular flexibility index (Phi) is 6.30. The number of para-hydroxylation sites is 1. The van der Waals surface area contributed by atoms with Crippen LogP contribution in [0.2, 0.25) is 0 Å². The third kappa shape index (κ3) is 5.10. The van der Waals surface area contributed by atoms with E-state index in [1.807, 2.05) is 31.2 Å². The average Bonchev–Trinajstić information content (AvgIpc) is 3.02. The molecule has 3 rings (SSSR count). The van der Waals surface area contributed by atoms with Gasteiger partial charge in [-0.25, -0.2) is 13.8 Å². The van der Waals surface area contributed by atoms with Crippen LogP contribution < -0.4 is 10.6 Å². The molecule has 0 aliphatic rings. The lowest BCUT2D eigenvalue weighted by Gasteiger charge is -2.17. The zero-order chi connectivity index (χ0) is 20.1. The fourth-order valence-corrected chi connectivity index (χ4v) is 3.69. The van der Waals surface area contributed by atoms with Gasteiger partial charge in [-0.05, 0) is 36.2 Å². The van der Waals surface area contributed by atoms with Gasteiger partial charge in [0.1, 0.15) is 17.7 Å². The zero-order valence-electron chi connectivity index (χ0n) is 15.2. The minimum atomic E-state index is -0.761. The molecular weight excluding hydrogens is 384 g/mol. The number of nitrogens with one attached hydrogen (secondary N) is 2. The van der Waals surface area contributed by atoms with E-state index in [1.165, 1.54) is 11.3 Å². The summed E-state index contributed by atoms with van der Waals surface area (Å²) in [5.74, 6) is -2.36. The minimum Gasteiger partial charge on any atom is -0.344 e. The van der Waals surface area contributed by atoms with Crippen molar-refractivity contribution in [3.05, 3.63) is 59.7 Å². The van der Waals surface area contributed by atoms with E-state index < -0.39 is 23.6 Å². The van der Waals surface area contributed by atoms with Gasteiger partial charge in [-0.3, -0.25) is 9.59 Å². The summed E-state index contributed by atoms with van der Waals surface area (Å²) in [6, 6.07) is 9.69. The Morgan fingerprint density at radius 2 is 1.86 bits per heavy atom. The first-order valence-electron chi connectivity index (χ1n) is 8.85. The van der Waals surface area contributed by atoms with Crippen LogP contribution in [0.1, 0.15) is 25.3 Å². The lowest BCUT2D eigenvalue weighted by Crippen LogP contribution is -2.44. The van der Waals surface area contributed by atoms with E-state index in [-0.39, 0.29) is 17.9 Å². The summed E-state index contributed by atoms with van der Waals surface area (Å²) < 4.78 is 27.5. The number of aromatic nitrogens is 1. The molecule has 0 fully saturated rings. The molecule has 0 saturated heterocycles. The van der Waals surface area contributed by atoms with E-state index in [2.05, 4.69) is 15.6 Å². The molecule has 0 saturated carbocycles. The first-order chi connectivity index (χ1) is 13.4. The van der Waals surface area contributed by atoms with Crippen molar-refractivity contribution < 1.29 is 18.4 Å². The second-order valence-electron chi connectivity index (χ2n) is 6.34. The van der Waals surface area contributed by atoms with E-state index in [1.54, 1.807) is 0 Å². The molecule has 0 aliphatic carbocycles. The number of anilines is 1. The molecule has 2 amide bonds. The van der Waals surface area contributed by atoms with Crippen molar-refractivity contribution >= 4 is 38.5 Å². The minimum absolute atomic E-state index is 0.205. The van der Waals surface area contributed by atoms with Crippen molar-refractivity contribution in [2.24, 2.45) is 0 Å². The van der Waals surface area contributed by atoms with Crippen LogP contribution in [0.25, 0.3) is 10.2 Å². The number of rotatable bonds is 7. The Hall–Kier alpha value is -2.87. The maximum atomic E-state index is 13.3. The quantitative estimate of drug-likeness (QED) is 0.625. The summed E-state index contributed by atoms with van der Waals surface area (Å²) in [7, 11) is 0. The molecular formula is C20H19F2N3O2S. The molecule has 0 aliphatic heterocycles. The normalized spacial score (nSPS) is 12.0. The molecule has 1 aromatic heterocycles. The number of amides is 2. The standard InChI is InChI=1S/C20H19F2N3O2S/c1-2-5-16(23-18(26)10-12-8-13(21)11-14(22)9-12)19(27)25-20-24-15-6-3-4-7-17(15)28-20/h3-4,6-9,11,16H,2,5,10H2,1H3,(H,23,26)(H,24,25,27). The SMILES string of the molecule is CCCC(NC(=O)Cc1cc(F)cc(F)c1)C(=O)Nc1nc2ccccc2s1. The lowest BCUT2D eigenvalue weighted by molar-refractivity contribution is -0.126. The summed E-state index contributed by atoms with van der Waals surface area (Å²) in [4.78, 5) is 29.2. The molecule has 1 atom stereocenters. The van der Waals surface area contributed by atoms with Gasteiger partial charge in [0.25, 0.3) is 0 Å². The van der Waals surface area contributed by atoms with Crippen molar-refractivity contribution in [3.63, 3.8) is 0 Å². The Labute approximate surface area is 164 Å². The van der Waals surface area contributed by atoms with Crippen LogP contribution in [0.3, 0.4) is 0 Å². The molecule has 0 spiro atoms. The monoisotopic (exact) mass is 403 g/mol. The van der Waals surface area contributed by atoms with Gasteiger partial charge in [0, 0.05) is 6.07 Å². The number of carbonyl (C=O) groups is 2. The highest BCUT2D eigenvalue weighted by Gasteiger charge is 2.21. The van der Waals surface area contributed by atoms with Gasteiger partial charge in [0.05, 0.1) is 16.6 Å². The van der Waals surface area contributed by atoms with Crippen molar-refractivity contribution in [2.75, 3.05) is 5.32 Å². The number of thiazole rings is 1. The second kappa shape index (κ2) is 8.88. The summed E-state index contributed by atoms with van der Waals surface area (Å²) in [6.45, 7) is 1.89. The lowest BCUT2D eigenvalue weighted by atomic mass is 10.1. The molecule has 28 heavy (non-hydrogen) atoms. The van der Waals surface area contributed by atoms with E-state index in [4.69, 9.17) is 0 Å². The third-order valence-electron chi connectivity index (χ3n) is 4.04. The number of benzene rings is 2. The third-order valence-corrected chi connectivity index (χ3v) is 4.99. The van der Waals surface area contributed by atoms with E-state index in [0.29, 0.717) is 18.0 Å². The highest BCUT2D eigenvalue weighted by atomic mass is 32.1. The van der Waals surface area contributed by atoms with Crippen molar-refractivity contribution in [1.82, 2.24) is 10.3 Å². The van der Waals surface area contributed by atoms with Gasteiger partial charge in [-0.2, -0.15) is 0 Å². The van der Waals surface area contributed by atoms with Crippen LogP contribution in [0, 0.1) is 11.6 Å². The Bertz CT molecular complexity index is 953. The highest BCUT2D eigenvalue weighted by molar-refractivity contribution is 7.22. The Morgan fingerprint density at radius 1 is 1.14 bits per heavy atom. The zero-order valence-corrected chi connectivity index (χ0v) is 16.0. The van der Waals surface area contributed by atoms with Crippen LogP contribution >= 0.6 is 11.3 Å². The van der Waals surface area contributed by atoms with Crippen LogP contribution in [0.5, 0.6) is 0 Å². The summed E-state index contributed by atoms with van der Waals surface area (Å²) >= 11 is 1.35. The number of fused-ring (bicyclic) bond motifs is 1. The summed E-state index contributed by atoms with van der Waals surface area (Å²) in [5, 5.41) is 5.83. The van der Waals surface area contributed by atoms with Gasteiger partial charge >= 0.3 is 0 Å². The molecule has 0 bridgehead atoms. The maximum Gasteiger partial charge on any atom is 0.248 e. The second-order valence-corrected chi connectivity index (χ2v) is 7.37. The van der Waals surface area contributed by atoms with Crippen molar-refractivity contribution in [3.8, 4) is 0 Å². The molecule has 2 N–H and O–H groups in total. The number of halogens is 2. The van der Waals surface area contributed by atoms with Crippen LogP contribution in [0.15, 0.2) is 42.5 Å². The van der Waals surface area contributed by atoms with E-state index in [0.717, 1.165) is 28.4 Å². The first-order valence-corrected chi connectivity index (χ1v) is 9.67. The van der Waals surface area contributed by atoms with Gasteiger partial charge in [0.15, 0.2) is 5.13 Å². The first kappa shape index (κ1) is 19.9. The van der Waals surface area contributed by atoms with Gasteiger partial charge in [-0.1, -0.05) is 36.8 Å². The predicted molar refractivity (Wildman–Crippen MR) is 105 cm³/mol. The van der Waals surface area contributed by atoms with E-state index >= 15 is 0 Å². The topological polar surface area (TPSA) is 71.1 Å². The molecule has 1 unspecified atom stereocenters. The van der Waals surface area contributed by atoms with Gasteiger partial charge in [0.2, 0.25) is 11.8 Å². The average molecular weight is 403 g/mol.